The maximum Gasteiger partial charge on any atom is 0.461 e. The summed E-state index contributed by atoms with van der Waals surface area (Å²) in [6.07, 6.45) is -5.86. The summed E-state index contributed by atoms with van der Waals surface area (Å²) >= 11 is 0. The molecule has 82 valence electrons. The number of Topliss-reactive ketones (excluding diaryl/α,β-unsaturated/α-hetero) is 1. The van der Waals surface area contributed by atoms with Crippen molar-refractivity contribution in [2.45, 2.75) is 12.1 Å². The normalized spacial score (nSPS) is 12.6. The van der Waals surface area contributed by atoms with Gasteiger partial charge in [0.2, 0.25) is 5.78 Å². The van der Waals surface area contributed by atoms with E-state index in [9.17, 15) is 26.7 Å². The van der Waals surface area contributed by atoms with Crippen LogP contribution in [0.3, 0.4) is 0 Å². The second-order valence-corrected chi connectivity index (χ2v) is 2.77. The van der Waals surface area contributed by atoms with Crippen molar-refractivity contribution < 1.29 is 26.7 Å². The lowest BCUT2D eigenvalue weighted by atomic mass is 10.1. The molecule has 0 saturated carbocycles. The number of benzene rings is 1. The van der Waals surface area contributed by atoms with Crippen LogP contribution in [0.1, 0.15) is 10.4 Å². The van der Waals surface area contributed by atoms with Gasteiger partial charge in [0.25, 0.3) is 0 Å². The number of hydrogen-bond donors (Lipinski definition) is 0. The second kappa shape index (κ2) is 3.60. The van der Waals surface area contributed by atoms with Crippen LogP contribution < -0.4 is 0 Å². The predicted octanol–water partition coefficient (Wildman–Crippen LogP) is 3.07. The van der Waals surface area contributed by atoms with Gasteiger partial charge in [-0.25, -0.2) is 0 Å². The Labute approximate surface area is 81.5 Å². The Morgan fingerprint density at radius 3 is 1.80 bits per heavy atom. The molecule has 1 aromatic rings. The van der Waals surface area contributed by atoms with Gasteiger partial charge in [0.15, 0.2) is 0 Å². The van der Waals surface area contributed by atoms with Gasteiger partial charge in [0.05, 0.1) is 0 Å². The topological polar surface area (TPSA) is 17.1 Å². The monoisotopic (exact) mass is 224 g/mol. The molecule has 0 amide bonds. The van der Waals surface area contributed by atoms with Gasteiger partial charge >= 0.3 is 12.1 Å². The van der Waals surface area contributed by atoms with Crippen molar-refractivity contribution >= 4 is 5.78 Å². The van der Waals surface area contributed by atoms with Crippen molar-refractivity contribution in [2.24, 2.45) is 0 Å². The zero-order valence-corrected chi connectivity index (χ0v) is 7.18. The molecule has 0 saturated heterocycles. The minimum absolute atomic E-state index is 0.667. The Bertz CT molecular complexity index is 355. The molecule has 1 aromatic carbocycles. The molecule has 0 radical (unpaired) electrons. The highest BCUT2D eigenvalue weighted by Crippen LogP contribution is 2.37. The molecule has 0 fully saturated rings. The van der Waals surface area contributed by atoms with E-state index in [2.05, 4.69) is 0 Å². The highest BCUT2D eigenvalue weighted by Gasteiger charge is 2.63. The Morgan fingerprint density at radius 2 is 1.40 bits per heavy atom. The lowest BCUT2D eigenvalue weighted by molar-refractivity contribution is -0.255. The minimum atomic E-state index is -5.86. The van der Waals surface area contributed by atoms with Gasteiger partial charge in [0.1, 0.15) is 0 Å². The summed E-state index contributed by atoms with van der Waals surface area (Å²) in [4.78, 5) is 10.8. The first-order chi connectivity index (χ1) is 6.77. The Kier molecular flexibility index (Phi) is 2.79. The van der Waals surface area contributed by atoms with E-state index in [1.807, 2.05) is 0 Å². The van der Waals surface area contributed by atoms with Gasteiger partial charge in [-0.2, -0.15) is 22.0 Å². The van der Waals surface area contributed by atoms with Crippen LogP contribution in [0.15, 0.2) is 30.3 Å². The van der Waals surface area contributed by atoms with Gasteiger partial charge in [-0.15, -0.1) is 0 Å². The SMILES string of the molecule is O=C(c1ccccc1)C(F)(F)C(F)(F)F. The van der Waals surface area contributed by atoms with E-state index in [1.165, 1.54) is 18.2 Å². The van der Waals surface area contributed by atoms with Crippen LogP contribution in [0.4, 0.5) is 22.0 Å². The molecule has 0 atom stereocenters. The van der Waals surface area contributed by atoms with E-state index >= 15 is 0 Å². The number of carbonyl (C=O) groups is 1. The molecular weight excluding hydrogens is 219 g/mol. The molecular formula is C9H5F5O. The number of rotatable bonds is 2. The highest BCUT2D eigenvalue weighted by atomic mass is 19.4. The first-order valence-electron chi connectivity index (χ1n) is 3.81. The van der Waals surface area contributed by atoms with Crippen LogP contribution in [0.5, 0.6) is 0 Å². The third-order valence-electron chi connectivity index (χ3n) is 1.68. The fourth-order valence-electron chi connectivity index (χ4n) is 0.900. The summed E-state index contributed by atoms with van der Waals surface area (Å²) in [6.45, 7) is 0. The predicted molar refractivity (Wildman–Crippen MR) is 41.8 cm³/mol. The Balaban J connectivity index is 3.06. The number of halogens is 5. The van der Waals surface area contributed by atoms with Crippen molar-refractivity contribution in [2.75, 3.05) is 0 Å². The van der Waals surface area contributed by atoms with E-state index in [0.29, 0.717) is 0 Å². The van der Waals surface area contributed by atoms with Crippen LogP contribution >= 0.6 is 0 Å². The van der Waals surface area contributed by atoms with Crippen LogP contribution in [0, 0.1) is 0 Å². The second-order valence-electron chi connectivity index (χ2n) is 2.77. The molecule has 0 aliphatic rings. The zero-order valence-electron chi connectivity index (χ0n) is 7.18. The fourth-order valence-corrected chi connectivity index (χ4v) is 0.900. The number of hydrogen-bond acceptors (Lipinski definition) is 1. The maximum atomic E-state index is 12.5. The standard InChI is InChI=1S/C9H5F5O/c10-8(11,9(12,13)14)7(15)6-4-2-1-3-5-6/h1-5H. The molecule has 15 heavy (non-hydrogen) atoms. The lowest BCUT2D eigenvalue weighted by Crippen LogP contribution is -2.44. The average molecular weight is 224 g/mol. The molecule has 0 N–H and O–H groups in total. The Hall–Kier alpha value is -1.46. The quantitative estimate of drug-likeness (QED) is 0.557. The number of carbonyl (C=O) groups excluding carboxylic acids is 1. The molecule has 6 heteroatoms. The molecule has 1 nitrogen and oxygen atoms in total. The lowest BCUT2D eigenvalue weighted by Gasteiger charge is -2.17. The third-order valence-corrected chi connectivity index (χ3v) is 1.68. The summed E-state index contributed by atoms with van der Waals surface area (Å²) in [7, 11) is 0. The van der Waals surface area contributed by atoms with Crippen LogP contribution in [0.2, 0.25) is 0 Å². The molecule has 1 rings (SSSR count). The highest BCUT2D eigenvalue weighted by molar-refractivity contribution is 6.01. The third kappa shape index (κ3) is 2.14. The molecule has 0 aliphatic carbocycles. The van der Waals surface area contributed by atoms with Gasteiger partial charge in [-0.1, -0.05) is 30.3 Å². The van der Waals surface area contributed by atoms with Gasteiger partial charge in [0, 0.05) is 5.56 Å². The molecule has 0 heterocycles. The summed E-state index contributed by atoms with van der Waals surface area (Å²) in [6, 6.07) is 5.63. The summed E-state index contributed by atoms with van der Waals surface area (Å²) in [5.41, 5.74) is -0.667. The molecule has 0 bridgehead atoms. The molecule has 0 spiro atoms. The first kappa shape index (κ1) is 11.6. The first-order valence-corrected chi connectivity index (χ1v) is 3.81. The van der Waals surface area contributed by atoms with E-state index < -0.39 is 23.4 Å². The number of alkyl halides is 5. The van der Waals surface area contributed by atoms with Crippen molar-refractivity contribution in [3.05, 3.63) is 35.9 Å². The van der Waals surface area contributed by atoms with Crippen molar-refractivity contribution in [3.63, 3.8) is 0 Å². The van der Waals surface area contributed by atoms with E-state index in [-0.39, 0.29) is 0 Å². The fraction of sp³-hybridized carbons (Fsp3) is 0.222. The van der Waals surface area contributed by atoms with Crippen molar-refractivity contribution in [1.82, 2.24) is 0 Å². The van der Waals surface area contributed by atoms with Crippen molar-refractivity contribution in [1.29, 1.82) is 0 Å². The van der Waals surface area contributed by atoms with Gasteiger partial charge in [-0.3, -0.25) is 4.79 Å². The molecule has 0 aromatic heterocycles. The van der Waals surface area contributed by atoms with E-state index in [4.69, 9.17) is 0 Å². The average Bonchev–Trinajstić information content (AvgIpc) is 2.16. The smallest absolute Gasteiger partial charge is 0.287 e. The van der Waals surface area contributed by atoms with E-state index in [1.54, 1.807) is 0 Å². The molecule has 0 aliphatic heterocycles. The summed E-state index contributed by atoms with van der Waals surface area (Å²) < 4.78 is 60.5. The van der Waals surface area contributed by atoms with Gasteiger partial charge in [-0.05, 0) is 0 Å². The van der Waals surface area contributed by atoms with E-state index in [0.717, 1.165) is 12.1 Å². The summed E-state index contributed by atoms with van der Waals surface area (Å²) in [5.74, 6) is -7.58. The minimum Gasteiger partial charge on any atom is -0.287 e. The van der Waals surface area contributed by atoms with Crippen LogP contribution in [-0.4, -0.2) is 17.9 Å². The van der Waals surface area contributed by atoms with Crippen LogP contribution in [-0.2, 0) is 0 Å². The van der Waals surface area contributed by atoms with Gasteiger partial charge < -0.3 is 0 Å². The number of ketones is 1. The van der Waals surface area contributed by atoms with Crippen molar-refractivity contribution in [3.8, 4) is 0 Å². The largest absolute Gasteiger partial charge is 0.461 e. The van der Waals surface area contributed by atoms with Crippen LogP contribution in [0.25, 0.3) is 0 Å². The maximum absolute atomic E-state index is 12.5. The Morgan fingerprint density at radius 1 is 0.933 bits per heavy atom. The zero-order chi connectivity index (χ0) is 11.7. The summed E-state index contributed by atoms with van der Waals surface area (Å²) in [5, 5.41) is 0. The molecule has 0 unspecified atom stereocenters.